The molecule has 19 heavy (non-hydrogen) atoms. The van der Waals surface area contributed by atoms with Crippen molar-refractivity contribution in [3.63, 3.8) is 0 Å². The van der Waals surface area contributed by atoms with Crippen LogP contribution < -0.4 is 10.6 Å². The van der Waals surface area contributed by atoms with Crippen LogP contribution in [0.15, 0.2) is 6.07 Å². The SMILES string of the molecule is Cc1cc(N(C)C2CCCCCC2)c(CN)c(C)n1. The minimum atomic E-state index is 0.575. The first-order valence-corrected chi connectivity index (χ1v) is 7.53. The Labute approximate surface area is 117 Å². The summed E-state index contributed by atoms with van der Waals surface area (Å²) in [6.07, 6.45) is 8.11. The van der Waals surface area contributed by atoms with Crippen molar-refractivity contribution in [3.8, 4) is 0 Å². The zero-order valence-electron chi connectivity index (χ0n) is 12.6. The van der Waals surface area contributed by atoms with Gasteiger partial charge in [-0.1, -0.05) is 25.7 Å². The molecular weight excluding hydrogens is 234 g/mol. The summed E-state index contributed by atoms with van der Waals surface area (Å²) in [5.41, 5.74) is 10.6. The predicted octanol–water partition coefficient (Wildman–Crippen LogP) is 3.32. The third kappa shape index (κ3) is 3.27. The molecule has 0 bridgehead atoms. The number of aromatic nitrogens is 1. The molecule has 0 radical (unpaired) electrons. The van der Waals surface area contributed by atoms with Crippen molar-refractivity contribution in [3.05, 3.63) is 23.0 Å². The molecule has 0 spiro atoms. The third-order valence-electron chi connectivity index (χ3n) is 4.39. The molecule has 1 aliphatic rings. The summed E-state index contributed by atoms with van der Waals surface area (Å²) in [5, 5.41) is 0. The van der Waals surface area contributed by atoms with E-state index in [-0.39, 0.29) is 0 Å². The molecule has 0 atom stereocenters. The van der Waals surface area contributed by atoms with Gasteiger partial charge in [0.2, 0.25) is 0 Å². The van der Waals surface area contributed by atoms with Crippen molar-refractivity contribution in [1.29, 1.82) is 0 Å². The number of anilines is 1. The van der Waals surface area contributed by atoms with E-state index in [1.54, 1.807) is 0 Å². The molecule has 2 rings (SSSR count). The highest BCUT2D eigenvalue weighted by atomic mass is 15.1. The van der Waals surface area contributed by atoms with E-state index in [1.807, 2.05) is 0 Å². The number of nitrogens with zero attached hydrogens (tertiary/aromatic N) is 2. The number of rotatable bonds is 3. The van der Waals surface area contributed by atoms with Crippen LogP contribution in [0.1, 0.15) is 55.5 Å². The Kier molecular flexibility index (Phi) is 4.81. The third-order valence-corrected chi connectivity index (χ3v) is 4.39. The van der Waals surface area contributed by atoms with Crippen LogP contribution in [0.2, 0.25) is 0 Å². The normalized spacial score (nSPS) is 17.3. The van der Waals surface area contributed by atoms with Crippen molar-refractivity contribution in [2.45, 2.75) is 65.0 Å². The highest BCUT2D eigenvalue weighted by Crippen LogP contribution is 2.29. The first-order chi connectivity index (χ1) is 9.13. The molecule has 0 saturated heterocycles. The molecule has 0 aliphatic heterocycles. The van der Waals surface area contributed by atoms with Crippen molar-refractivity contribution >= 4 is 5.69 Å². The van der Waals surface area contributed by atoms with Gasteiger partial charge in [-0.25, -0.2) is 0 Å². The molecule has 3 nitrogen and oxygen atoms in total. The van der Waals surface area contributed by atoms with Crippen LogP contribution in [-0.4, -0.2) is 18.1 Å². The molecule has 1 aromatic heterocycles. The topological polar surface area (TPSA) is 42.1 Å². The smallest absolute Gasteiger partial charge is 0.0448 e. The number of hydrogen-bond donors (Lipinski definition) is 1. The van der Waals surface area contributed by atoms with E-state index in [9.17, 15) is 0 Å². The van der Waals surface area contributed by atoms with Gasteiger partial charge >= 0.3 is 0 Å². The maximum atomic E-state index is 5.93. The van der Waals surface area contributed by atoms with Crippen LogP contribution in [0.25, 0.3) is 0 Å². The molecule has 0 amide bonds. The van der Waals surface area contributed by atoms with Gasteiger partial charge < -0.3 is 10.6 Å². The van der Waals surface area contributed by atoms with Gasteiger partial charge in [-0.15, -0.1) is 0 Å². The van der Waals surface area contributed by atoms with E-state index < -0.39 is 0 Å². The Hall–Kier alpha value is -1.09. The van der Waals surface area contributed by atoms with Crippen molar-refractivity contribution in [2.75, 3.05) is 11.9 Å². The van der Waals surface area contributed by atoms with E-state index in [1.165, 1.54) is 49.8 Å². The van der Waals surface area contributed by atoms with E-state index in [2.05, 4.69) is 36.8 Å². The highest BCUT2D eigenvalue weighted by molar-refractivity contribution is 5.56. The van der Waals surface area contributed by atoms with E-state index in [0.717, 1.165) is 11.4 Å². The lowest BCUT2D eigenvalue weighted by Crippen LogP contribution is -2.32. The van der Waals surface area contributed by atoms with E-state index >= 15 is 0 Å². The molecule has 1 aromatic rings. The molecule has 2 N–H and O–H groups in total. The van der Waals surface area contributed by atoms with Gasteiger partial charge in [0.15, 0.2) is 0 Å². The Balaban J connectivity index is 2.28. The monoisotopic (exact) mass is 261 g/mol. The van der Waals surface area contributed by atoms with Crippen LogP contribution in [0, 0.1) is 13.8 Å². The van der Waals surface area contributed by atoms with Crippen LogP contribution in [0.5, 0.6) is 0 Å². The Morgan fingerprint density at radius 3 is 2.42 bits per heavy atom. The van der Waals surface area contributed by atoms with Gasteiger partial charge in [-0.2, -0.15) is 0 Å². The van der Waals surface area contributed by atoms with Crippen molar-refractivity contribution < 1.29 is 0 Å². The zero-order chi connectivity index (χ0) is 13.8. The van der Waals surface area contributed by atoms with Gasteiger partial charge in [0.05, 0.1) is 0 Å². The summed E-state index contributed by atoms with van der Waals surface area (Å²) in [6, 6.07) is 2.86. The first kappa shape index (κ1) is 14.3. The molecule has 1 fully saturated rings. The molecule has 1 heterocycles. The fourth-order valence-electron chi connectivity index (χ4n) is 3.24. The lowest BCUT2D eigenvalue weighted by atomic mass is 10.0. The maximum absolute atomic E-state index is 5.93. The Bertz CT molecular complexity index is 420. The Morgan fingerprint density at radius 2 is 1.84 bits per heavy atom. The Morgan fingerprint density at radius 1 is 1.21 bits per heavy atom. The first-order valence-electron chi connectivity index (χ1n) is 7.53. The summed E-state index contributed by atoms with van der Waals surface area (Å²) >= 11 is 0. The number of hydrogen-bond acceptors (Lipinski definition) is 3. The fourth-order valence-corrected chi connectivity index (χ4v) is 3.24. The number of pyridine rings is 1. The molecule has 3 heteroatoms. The molecule has 1 saturated carbocycles. The minimum Gasteiger partial charge on any atom is -0.371 e. The lowest BCUT2D eigenvalue weighted by molar-refractivity contribution is 0.551. The van der Waals surface area contributed by atoms with Crippen LogP contribution in [-0.2, 0) is 6.54 Å². The molecule has 1 aliphatic carbocycles. The van der Waals surface area contributed by atoms with Gasteiger partial charge in [0.1, 0.15) is 0 Å². The largest absolute Gasteiger partial charge is 0.371 e. The van der Waals surface area contributed by atoms with E-state index in [4.69, 9.17) is 5.73 Å². The summed E-state index contributed by atoms with van der Waals surface area (Å²) in [6.45, 7) is 4.71. The summed E-state index contributed by atoms with van der Waals surface area (Å²) in [7, 11) is 2.23. The van der Waals surface area contributed by atoms with Gasteiger partial charge in [0.25, 0.3) is 0 Å². The highest BCUT2D eigenvalue weighted by Gasteiger charge is 2.20. The standard InChI is InChI=1S/C16H27N3/c1-12-10-16(15(11-17)13(2)18-12)19(3)14-8-6-4-5-7-9-14/h10,14H,4-9,11,17H2,1-3H3. The van der Waals surface area contributed by atoms with E-state index in [0.29, 0.717) is 12.6 Å². The second-order valence-corrected chi connectivity index (χ2v) is 5.81. The summed E-state index contributed by atoms with van der Waals surface area (Å²) in [4.78, 5) is 7.00. The number of aryl methyl sites for hydroxylation is 2. The van der Waals surface area contributed by atoms with Crippen molar-refractivity contribution in [2.24, 2.45) is 5.73 Å². The summed E-state index contributed by atoms with van der Waals surface area (Å²) in [5.74, 6) is 0. The molecular formula is C16H27N3. The van der Waals surface area contributed by atoms with Gasteiger partial charge in [-0.05, 0) is 32.8 Å². The number of nitrogens with two attached hydrogens (primary N) is 1. The molecule has 0 aromatic carbocycles. The molecule has 106 valence electrons. The fraction of sp³-hybridized carbons (Fsp3) is 0.688. The van der Waals surface area contributed by atoms with Gasteiger partial charge in [-0.3, -0.25) is 4.98 Å². The van der Waals surface area contributed by atoms with Crippen LogP contribution in [0.4, 0.5) is 5.69 Å². The van der Waals surface area contributed by atoms with Crippen LogP contribution >= 0.6 is 0 Å². The van der Waals surface area contributed by atoms with Crippen LogP contribution in [0.3, 0.4) is 0 Å². The van der Waals surface area contributed by atoms with Gasteiger partial charge in [0, 0.05) is 42.3 Å². The summed E-state index contributed by atoms with van der Waals surface area (Å²) < 4.78 is 0. The quantitative estimate of drug-likeness (QED) is 0.849. The second kappa shape index (κ2) is 6.38. The zero-order valence-corrected chi connectivity index (χ0v) is 12.6. The maximum Gasteiger partial charge on any atom is 0.0448 e. The minimum absolute atomic E-state index is 0.575. The van der Waals surface area contributed by atoms with Crippen molar-refractivity contribution in [1.82, 2.24) is 4.98 Å². The predicted molar refractivity (Wildman–Crippen MR) is 81.5 cm³/mol. The molecule has 0 unspecified atom stereocenters. The second-order valence-electron chi connectivity index (χ2n) is 5.81. The lowest BCUT2D eigenvalue weighted by Gasteiger charge is -2.31. The average Bonchev–Trinajstić information content (AvgIpc) is 2.66. The average molecular weight is 261 g/mol.